The minimum absolute atomic E-state index is 0.0530. The van der Waals surface area contributed by atoms with E-state index in [1.807, 2.05) is 24.3 Å². The first-order chi connectivity index (χ1) is 13.1. The van der Waals surface area contributed by atoms with Crippen molar-refractivity contribution in [3.05, 3.63) is 64.9 Å². The third-order valence-corrected chi connectivity index (χ3v) is 5.01. The quantitative estimate of drug-likeness (QED) is 0.729. The van der Waals surface area contributed by atoms with Crippen molar-refractivity contribution in [2.75, 3.05) is 26.2 Å². The lowest BCUT2D eigenvalue weighted by molar-refractivity contribution is -0.126. The topological polar surface area (TPSA) is 41.6 Å². The molecule has 3 rings (SSSR count). The van der Waals surface area contributed by atoms with E-state index in [2.05, 4.69) is 10.2 Å². The zero-order chi connectivity index (χ0) is 19.1. The molecule has 1 heterocycles. The minimum Gasteiger partial charge on any atom is -0.492 e. The molecule has 2 aromatic carbocycles. The highest BCUT2D eigenvalue weighted by atomic mass is 35.5. The summed E-state index contributed by atoms with van der Waals surface area (Å²) in [5.74, 6) is 0.445. The average Bonchev–Trinajstić information content (AvgIpc) is 2.69. The van der Waals surface area contributed by atoms with Crippen LogP contribution in [-0.2, 0) is 11.3 Å². The van der Waals surface area contributed by atoms with Crippen LogP contribution in [0.1, 0.15) is 18.4 Å². The Kier molecular flexibility index (Phi) is 7.07. The molecule has 0 unspecified atom stereocenters. The minimum atomic E-state index is -0.293. The van der Waals surface area contributed by atoms with E-state index in [9.17, 15) is 9.18 Å². The Morgan fingerprint density at radius 1 is 1.11 bits per heavy atom. The van der Waals surface area contributed by atoms with Crippen LogP contribution in [0, 0.1) is 11.7 Å². The fourth-order valence-corrected chi connectivity index (χ4v) is 3.35. The molecule has 0 spiro atoms. The predicted molar refractivity (Wildman–Crippen MR) is 104 cm³/mol. The fraction of sp³-hybridized carbons (Fsp3) is 0.381. The van der Waals surface area contributed by atoms with Crippen LogP contribution >= 0.6 is 11.6 Å². The molecule has 1 amide bonds. The van der Waals surface area contributed by atoms with Gasteiger partial charge >= 0.3 is 0 Å². The monoisotopic (exact) mass is 390 g/mol. The van der Waals surface area contributed by atoms with Crippen LogP contribution in [0.2, 0.25) is 5.02 Å². The van der Waals surface area contributed by atoms with Crippen molar-refractivity contribution >= 4 is 17.5 Å². The summed E-state index contributed by atoms with van der Waals surface area (Å²) in [6.45, 7) is 3.52. The van der Waals surface area contributed by atoms with Crippen molar-refractivity contribution in [1.82, 2.24) is 10.2 Å². The molecular weight excluding hydrogens is 367 g/mol. The molecule has 0 aromatic heterocycles. The number of benzene rings is 2. The van der Waals surface area contributed by atoms with Gasteiger partial charge in [-0.15, -0.1) is 0 Å². The van der Waals surface area contributed by atoms with Gasteiger partial charge in [-0.05, 0) is 67.9 Å². The number of carbonyl (C=O) groups is 1. The van der Waals surface area contributed by atoms with Crippen molar-refractivity contribution in [2.24, 2.45) is 5.92 Å². The molecular formula is C21H24ClFN2O2. The molecule has 1 aliphatic heterocycles. The third-order valence-electron chi connectivity index (χ3n) is 4.76. The van der Waals surface area contributed by atoms with Crippen molar-refractivity contribution < 1.29 is 13.9 Å². The lowest BCUT2D eigenvalue weighted by atomic mass is 9.95. The summed E-state index contributed by atoms with van der Waals surface area (Å²) >= 11 is 5.92. The first kappa shape index (κ1) is 19.6. The Hall–Kier alpha value is -2.11. The molecule has 0 saturated carbocycles. The van der Waals surface area contributed by atoms with Crippen molar-refractivity contribution in [3.8, 4) is 5.75 Å². The molecule has 4 nitrogen and oxygen atoms in total. The van der Waals surface area contributed by atoms with Gasteiger partial charge in [0.25, 0.3) is 0 Å². The van der Waals surface area contributed by atoms with E-state index in [-0.39, 0.29) is 17.6 Å². The second-order valence-corrected chi connectivity index (χ2v) is 7.21. The van der Waals surface area contributed by atoms with Crippen molar-refractivity contribution in [3.63, 3.8) is 0 Å². The number of halogens is 2. The van der Waals surface area contributed by atoms with E-state index in [4.69, 9.17) is 16.3 Å². The molecule has 6 heteroatoms. The number of hydrogen-bond acceptors (Lipinski definition) is 3. The highest BCUT2D eigenvalue weighted by Gasteiger charge is 2.24. The summed E-state index contributed by atoms with van der Waals surface area (Å²) in [5, 5.41) is 3.68. The Balaban J connectivity index is 1.33. The maximum atomic E-state index is 12.8. The summed E-state index contributed by atoms with van der Waals surface area (Å²) in [6, 6.07) is 13.8. The second kappa shape index (κ2) is 9.72. The van der Waals surface area contributed by atoms with Gasteiger partial charge in [0.05, 0.1) is 6.54 Å². The molecule has 144 valence electrons. The molecule has 1 N–H and O–H groups in total. The molecule has 1 aliphatic rings. The Morgan fingerprint density at radius 3 is 2.44 bits per heavy atom. The number of ether oxygens (including phenoxy) is 1. The molecule has 2 aromatic rings. The zero-order valence-electron chi connectivity index (χ0n) is 15.2. The van der Waals surface area contributed by atoms with Gasteiger partial charge < -0.3 is 10.1 Å². The van der Waals surface area contributed by atoms with Crippen LogP contribution in [0.15, 0.2) is 48.5 Å². The van der Waals surface area contributed by atoms with Crippen LogP contribution in [0.4, 0.5) is 4.39 Å². The largest absolute Gasteiger partial charge is 0.492 e. The van der Waals surface area contributed by atoms with Gasteiger partial charge in [0.1, 0.15) is 18.2 Å². The fourth-order valence-electron chi connectivity index (χ4n) is 3.22. The van der Waals surface area contributed by atoms with Crippen LogP contribution in [0.25, 0.3) is 0 Å². The van der Waals surface area contributed by atoms with E-state index in [1.165, 1.54) is 17.7 Å². The van der Waals surface area contributed by atoms with Gasteiger partial charge in [-0.1, -0.05) is 23.7 Å². The highest BCUT2D eigenvalue weighted by Crippen LogP contribution is 2.20. The number of likely N-dealkylation sites (tertiary alicyclic amines) is 1. The number of hydrogen-bond donors (Lipinski definition) is 1. The number of nitrogens with one attached hydrogen (secondary N) is 1. The van der Waals surface area contributed by atoms with Crippen molar-refractivity contribution in [2.45, 2.75) is 19.4 Å². The molecule has 1 saturated heterocycles. The van der Waals surface area contributed by atoms with E-state index in [0.717, 1.165) is 37.5 Å². The summed E-state index contributed by atoms with van der Waals surface area (Å²) in [6.07, 6.45) is 1.72. The zero-order valence-corrected chi connectivity index (χ0v) is 15.9. The number of carbonyl (C=O) groups excluding carboxylic acids is 1. The molecule has 27 heavy (non-hydrogen) atoms. The number of rotatable bonds is 7. The van der Waals surface area contributed by atoms with E-state index in [0.29, 0.717) is 18.9 Å². The summed E-state index contributed by atoms with van der Waals surface area (Å²) in [7, 11) is 0. The smallest absolute Gasteiger partial charge is 0.223 e. The molecule has 0 bridgehead atoms. The maximum Gasteiger partial charge on any atom is 0.223 e. The highest BCUT2D eigenvalue weighted by molar-refractivity contribution is 6.30. The Bertz CT molecular complexity index is 729. The van der Waals surface area contributed by atoms with Gasteiger partial charge in [-0.25, -0.2) is 4.39 Å². The predicted octanol–water partition coefficient (Wildman–Crippen LogP) is 3.89. The lowest BCUT2D eigenvalue weighted by Crippen LogP contribution is -2.41. The summed E-state index contributed by atoms with van der Waals surface area (Å²) in [4.78, 5) is 14.7. The number of nitrogens with zero attached hydrogens (tertiary/aromatic N) is 1. The van der Waals surface area contributed by atoms with Gasteiger partial charge in [0.2, 0.25) is 5.91 Å². The van der Waals surface area contributed by atoms with Gasteiger partial charge in [0.15, 0.2) is 0 Å². The maximum absolute atomic E-state index is 12.8. The van der Waals surface area contributed by atoms with Crippen LogP contribution < -0.4 is 10.1 Å². The molecule has 1 fully saturated rings. The van der Waals surface area contributed by atoms with E-state index >= 15 is 0 Å². The summed E-state index contributed by atoms with van der Waals surface area (Å²) < 4.78 is 18.3. The average molecular weight is 391 g/mol. The number of piperidine rings is 1. The van der Waals surface area contributed by atoms with Gasteiger partial charge in [-0.3, -0.25) is 9.69 Å². The molecule has 0 aliphatic carbocycles. The number of amides is 1. The van der Waals surface area contributed by atoms with E-state index < -0.39 is 0 Å². The Labute approximate surface area is 164 Å². The normalized spacial score (nSPS) is 15.5. The SMILES string of the molecule is O=C(NCCOc1ccc(F)cc1)C1CCN(Cc2ccc(Cl)cc2)CC1. The second-order valence-electron chi connectivity index (χ2n) is 6.77. The Morgan fingerprint density at radius 2 is 1.78 bits per heavy atom. The molecule has 0 atom stereocenters. The van der Waals surface area contributed by atoms with E-state index in [1.54, 1.807) is 12.1 Å². The van der Waals surface area contributed by atoms with Crippen LogP contribution in [-0.4, -0.2) is 37.0 Å². The standard InChI is InChI=1S/C21H24ClFN2O2/c22-18-3-1-16(2-4-18)15-25-12-9-17(10-13-25)21(26)24-11-14-27-20-7-5-19(23)6-8-20/h1-8,17H,9-15H2,(H,24,26). The third kappa shape index (κ3) is 6.22. The lowest BCUT2D eigenvalue weighted by Gasteiger charge is -2.31. The van der Waals surface area contributed by atoms with Gasteiger partial charge in [0, 0.05) is 17.5 Å². The van der Waals surface area contributed by atoms with Crippen molar-refractivity contribution in [1.29, 1.82) is 0 Å². The summed E-state index contributed by atoms with van der Waals surface area (Å²) in [5.41, 5.74) is 1.24. The van der Waals surface area contributed by atoms with Crippen LogP contribution in [0.5, 0.6) is 5.75 Å². The first-order valence-corrected chi connectivity index (χ1v) is 9.61. The first-order valence-electron chi connectivity index (χ1n) is 9.23. The molecule has 0 radical (unpaired) electrons. The van der Waals surface area contributed by atoms with Crippen LogP contribution in [0.3, 0.4) is 0 Å². The van der Waals surface area contributed by atoms with Gasteiger partial charge in [-0.2, -0.15) is 0 Å².